The van der Waals surface area contributed by atoms with Gasteiger partial charge in [-0.2, -0.15) is 0 Å². The first kappa shape index (κ1) is 25.1. The molecule has 0 fully saturated rings. The van der Waals surface area contributed by atoms with Crippen LogP contribution in [0.4, 0.5) is 21.9 Å². The summed E-state index contributed by atoms with van der Waals surface area (Å²) in [6.07, 6.45) is 1.52. The number of amides is 4. The molecule has 1 atom stereocenters. The smallest absolute Gasteiger partial charge is 0.323 e. The van der Waals surface area contributed by atoms with Gasteiger partial charge >= 0.3 is 12.0 Å². The summed E-state index contributed by atoms with van der Waals surface area (Å²) in [5.74, 6) is -1.79. The van der Waals surface area contributed by atoms with E-state index in [0.717, 1.165) is 5.56 Å². The van der Waals surface area contributed by atoms with Crippen molar-refractivity contribution in [2.24, 2.45) is 0 Å². The normalized spacial score (nSPS) is 11.1. The van der Waals surface area contributed by atoms with E-state index in [4.69, 9.17) is 5.11 Å². The van der Waals surface area contributed by atoms with Crippen LogP contribution >= 0.6 is 0 Å². The van der Waals surface area contributed by atoms with Crippen LogP contribution in [0.2, 0.25) is 0 Å². The van der Waals surface area contributed by atoms with E-state index in [2.05, 4.69) is 27.8 Å². The summed E-state index contributed by atoms with van der Waals surface area (Å²) in [4.78, 5) is 47.1. The lowest BCUT2D eigenvalue weighted by Gasteiger charge is -2.15. The van der Waals surface area contributed by atoms with Crippen LogP contribution in [-0.4, -0.2) is 35.0 Å². The number of aliphatic carboxylic acids is 1. The minimum atomic E-state index is -1.02. The molecule has 0 spiro atoms. The molecular weight excluding hydrogens is 424 g/mol. The summed E-state index contributed by atoms with van der Waals surface area (Å²) in [5.41, 5.74) is 2.71. The SMILES string of the molecule is C=CC[C@H](CC(=O)O)NC(=O)CCC(=O)Nc1ccc(NC(=O)Nc2ccccc2C)cc1. The number of urea groups is 1. The van der Waals surface area contributed by atoms with Crippen LogP contribution in [0.15, 0.2) is 61.2 Å². The van der Waals surface area contributed by atoms with Crippen LogP contribution in [0.3, 0.4) is 0 Å². The van der Waals surface area contributed by atoms with Crippen molar-refractivity contribution in [1.82, 2.24) is 5.32 Å². The average Bonchev–Trinajstić information content (AvgIpc) is 2.75. The molecule has 0 bridgehead atoms. The largest absolute Gasteiger partial charge is 0.481 e. The summed E-state index contributed by atoms with van der Waals surface area (Å²) < 4.78 is 0. The van der Waals surface area contributed by atoms with E-state index in [0.29, 0.717) is 23.5 Å². The van der Waals surface area contributed by atoms with Crippen molar-refractivity contribution in [3.8, 4) is 0 Å². The summed E-state index contributed by atoms with van der Waals surface area (Å²) >= 11 is 0. The van der Waals surface area contributed by atoms with Gasteiger partial charge in [0.1, 0.15) is 0 Å². The first-order valence-corrected chi connectivity index (χ1v) is 10.4. The van der Waals surface area contributed by atoms with E-state index < -0.39 is 17.9 Å². The molecule has 9 nitrogen and oxygen atoms in total. The van der Waals surface area contributed by atoms with Crippen molar-refractivity contribution in [2.75, 3.05) is 16.0 Å². The zero-order valence-corrected chi connectivity index (χ0v) is 18.4. The molecule has 2 aromatic rings. The van der Waals surface area contributed by atoms with Gasteiger partial charge in [0.15, 0.2) is 0 Å². The average molecular weight is 453 g/mol. The number of carbonyl (C=O) groups is 4. The second kappa shape index (κ2) is 12.7. The maximum atomic E-state index is 12.2. The van der Waals surface area contributed by atoms with Gasteiger partial charge in [0.25, 0.3) is 0 Å². The Bertz CT molecular complexity index is 1000. The van der Waals surface area contributed by atoms with Crippen LogP contribution < -0.4 is 21.3 Å². The van der Waals surface area contributed by atoms with Gasteiger partial charge in [0, 0.05) is 35.9 Å². The minimum Gasteiger partial charge on any atom is -0.481 e. The molecule has 2 rings (SSSR count). The predicted molar refractivity (Wildman–Crippen MR) is 127 cm³/mol. The summed E-state index contributed by atoms with van der Waals surface area (Å²) in [7, 11) is 0. The number of hydrogen-bond acceptors (Lipinski definition) is 4. The highest BCUT2D eigenvalue weighted by Crippen LogP contribution is 2.16. The highest BCUT2D eigenvalue weighted by atomic mass is 16.4. The van der Waals surface area contributed by atoms with Crippen molar-refractivity contribution in [1.29, 1.82) is 0 Å². The Morgan fingerprint density at radius 3 is 2.12 bits per heavy atom. The van der Waals surface area contributed by atoms with Crippen LogP contribution in [0.5, 0.6) is 0 Å². The lowest BCUT2D eigenvalue weighted by atomic mass is 10.1. The highest BCUT2D eigenvalue weighted by molar-refractivity contribution is 6.00. The third-order valence-corrected chi connectivity index (χ3v) is 4.64. The topological polar surface area (TPSA) is 137 Å². The van der Waals surface area contributed by atoms with Gasteiger partial charge in [-0.05, 0) is 49.2 Å². The second-order valence-corrected chi connectivity index (χ2v) is 7.41. The minimum absolute atomic E-state index is 0.0570. The molecule has 4 amide bonds. The lowest BCUT2D eigenvalue weighted by Crippen LogP contribution is -2.36. The van der Waals surface area contributed by atoms with E-state index in [-0.39, 0.29) is 31.2 Å². The van der Waals surface area contributed by atoms with Gasteiger partial charge in [-0.1, -0.05) is 24.3 Å². The quantitative estimate of drug-likeness (QED) is 0.330. The van der Waals surface area contributed by atoms with Crippen LogP contribution in [0.25, 0.3) is 0 Å². The molecule has 0 radical (unpaired) electrons. The Morgan fingerprint density at radius 2 is 1.52 bits per heavy atom. The number of carbonyl (C=O) groups excluding carboxylic acids is 3. The van der Waals surface area contributed by atoms with Crippen LogP contribution in [0, 0.1) is 6.92 Å². The number of aryl methyl sites for hydroxylation is 1. The van der Waals surface area contributed by atoms with Gasteiger partial charge in [-0.3, -0.25) is 14.4 Å². The van der Waals surface area contributed by atoms with Gasteiger partial charge < -0.3 is 26.4 Å². The Morgan fingerprint density at radius 1 is 0.909 bits per heavy atom. The van der Waals surface area contributed by atoms with Crippen LogP contribution in [0.1, 0.15) is 31.2 Å². The number of benzene rings is 2. The van der Waals surface area contributed by atoms with Crippen molar-refractivity contribution in [2.45, 2.75) is 38.6 Å². The monoisotopic (exact) mass is 452 g/mol. The van der Waals surface area contributed by atoms with Crippen molar-refractivity contribution in [3.05, 3.63) is 66.7 Å². The van der Waals surface area contributed by atoms with Crippen molar-refractivity contribution >= 4 is 40.9 Å². The Kier molecular flexibility index (Phi) is 9.63. The highest BCUT2D eigenvalue weighted by Gasteiger charge is 2.15. The summed E-state index contributed by atoms with van der Waals surface area (Å²) in [6.45, 7) is 5.44. The molecule has 0 aromatic heterocycles. The molecule has 0 aliphatic rings. The van der Waals surface area contributed by atoms with E-state index in [9.17, 15) is 19.2 Å². The number of carboxylic acids is 1. The lowest BCUT2D eigenvalue weighted by molar-refractivity contribution is -0.137. The van der Waals surface area contributed by atoms with Gasteiger partial charge in [0.05, 0.1) is 6.42 Å². The van der Waals surface area contributed by atoms with Gasteiger partial charge in [-0.15, -0.1) is 6.58 Å². The molecule has 0 unspecified atom stereocenters. The molecule has 2 aromatic carbocycles. The molecule has 0 aliphatic heterocycles. The number of rotatable bonds is 11. The third-order valence-electron chi connectivity index (χ3n) is 4.64. The number of carboxylic acid groups (broad SMARTS) is 1. The summed E-state index contributed by atoms with van der Waals surface area (Å²) in [5, 5.41) is 19.6. The maximum Gasteiger partial charge on any atom is 0.323 e. The zero-order chi connectivity index (χ0) is 24.2. The zero-order valence-electron chi connectivity index (χ0n) is 18.4. The van der Waals surface area contributed by atoms with Gasteiger partial charge in [-0.25, -0.2) is 4.79 Å². The van der Waals surface area contributed by atoms with E-state index in [1.54, 1.807) is 30.3 Å². The first-order valence-electron chi connectivity index (χ1n) is 10.4. The molecule has 0 heterocycles. The molecule has 33 heavy (non-hydrogen) atoms. The Labute approximate surface area is 192 Å². The number of anilines is 3. The second-order valence-electron chi connectivity index (χ2n) is 7.41. The third kappa shape index (κ3) is 9.26. The molecule has 0 saturated carbocycles. The molecule has 9 heteroatoms. The van der Waals surface area contributed by atoms with Gasteiger partial charge in [0.2, 0.25) is 11.8 Å². The molecule has 0 aliphatic carbocycles. The Hall–Kier alpha value is -4.14. The number of para-hydroxylation sites is 1. The number of hydrogen-bond donors (Lipinski definition) is 5. The fourth-order valence-electron chi connectivity index (χ4n) is 2.99. The first-order chi connectivity index (χ1) is 15.8. The molecule has 174 valence electrons. The maximum absolute atomic E-state index is 12.2. The standard InChI is InChI=1S/C24H28N4O5/c1-3-6-19(15-23(31)32)26-22(30)14-13-21(29)25-17-9-11-18(12-10-17)27-24(33)28-20-8-5-4-7-16(20)2/h3-5,7-12,19H,1,6,13-15H2,2H3,(H,25,29)(H,26,30)(H,31,32)(H2,27,28,33)/t19-/m1/s1. The van der Waals surface area contributed by atoms with Crippen molar-refractivity contribution < 1.29 is 24.3 Å². The Balaban J connectivity index is 1.78. The van der Waals surface area contributed by atoms with Crippen molar-refractivity contribution in [3.63, 3.8) is 0 Å². The van der Waals surface area contributed by atoms with E-state index >= 15 is 0 Å². The summed E-state index contributed by atoms with van der Waals surface area (Å²) in [6, 6.07) is 13.0. The predicted octanol–water partition coefficient (Wildman–Crippen LogP) is 3.89. The molecular formula is C24H28N4O5. The molecule has 5 N–H and O–H groups in total. The fourth-order valence-corrected chi connectivity index (χ4v) is 2.99. The molecule has 0 saturated heterocycles. The van der Waals surface area contributed by atoms with Crippen LogP contribution in [-0.2, 0) is 14.4 Å². The van der Waals surface area contributed by atoms with E-state index in [1.807, 2.05) is 25.1 Å². The number of nitrogens with one attached hydrogen (secondary N) is 4. The fraction of sp³-hybridized carbons (Fsp3) is 0.250. The van der Waals surface area contributed by atoms with E-state index in [1.165, 1.54) is 6.08 Å².